The molecule has 23 heavy (non-hydrogen) atoms. The van der Waals surface area contributed by atoms with Crippen LogP contribution in [0.1, 0.15) is 12.8 Å². The third kappa shape index (κ3) is 2.08. The summed E-state index contributed by atoms with van der Waals surface area (Å²) in [5, 5.41) is 0. The van der Waals surface area contributed by atoms with E-state index in [1.54, 1.807) is 6.07 Å². The van der Waals surface area contributed by atoms with Crippen LogP contribution in [0.5, 0.6) is 5.75 Å². The van der Waals surface area contributed by atoms with E-state index in [1.165, 1.54) is 18.2 Å². The molecule has 6 heteroatoms. The largest absolute Gasteiger partial charge is 0.433 e. The molecule has 2 fully saturated rings. The molecule has 2 bridgehead atoms. The zero-order valence-corrected chi connectivity index (χ0v) is 12.2. The van der Waals surface area contributed by atoms with Crippen molar-refractivity contribution in [1.82, 2.24) is 0 Å². The molecule has 1 saturated heterocycles. The standard InChI is InChI=1S/C17H15F2NO3/c18-17(19)23-12-4-2-1-3-11(12)20-15(21)13-9-5-6-10(8-7-9)14(13)16(20)22/h1-6,9-10,13-14,17H,7-8H2/t9-,10-,13-,14-/m0/s1. The molecule has 3 aliphatic carbocycles. The number of carbonyl (C=O) groups excluding carboxylic acids is 2. The maximum atomic E-state index is 12.8. The van der Waals surface area contributed by atoms with Crippen LogP contribution in [0.4, 0.5) is 14.5 Å². The van der Waals surface area contributed by atoms with Gasteiger partial charge in [-0.25, -0.2) is 4.90 Å². The molecule has 1 aliphatic heterocycles. The minimum Gasteiger partial charge on any atom is -0.433 e. The van der Waals surface area contributed by atoms with Crippen molar-refractivity contribution in [2.24, 2.45) is 23.7 Å². The normalized spacial score (nSPS) is 31.9. The SMILES string of the molecule is O=C1[C@@H]2[C@@H](C(=O)N1c1ccccc1OC(F)F)[C@H]1C=C[C@H]2CC1. The number of ether oxygens (including phenoxy) is 1. The summed E-state index contributed by atoms with van der Waals surface area (Å²) in [5.41, 5.74) is 0.108. The molecule has 2 amide bonds. The number of hydrogen-bond acceptors (Lipinski definition) is 3. The molecule has 0 N–H and O–H groups in total. The van der Waals surface area contributed by atoms with Gasteiger partial charge in [0.25, 0.3) is 0 Å². The second kappa shape index (κ2) is 5.15. The number of fused-ring (bicyclic) bond motifs is 1. The van der Waals surface area contributed by atoms with Gasteiger partial charge in [0.2, 0.25) is 11.8 Å². The van der Waals surface area contributed by atoms with E-state index in [2.05, 4.69) is 4.74 Å². The maximum absolute atomic E-state index is 12.8. The van der Waals surface area contributed by atoms with Gasteiger partial charge in [0.15, 0.2) is 0 Å². The Morgan fingerprint density at radius 2 is 1.57 bits per heavy atom. The van der Waals surface area contributed by atoms with Crippen LogP contribution in [-0.2, 0) is 9.59 Å². The second-order valence-electron chi connectivity index (χ2n) is 6.20. The van der Waals surface area contributed by atoms with E-state index in [0.717, 1.165) is 17.7 Å². The average molecular weight is 319 g/mol. The van der Waals surface area contributed by atoms with Crippen molar-refractivity contribution in [2.45, 2.75) is 19.5 Å². The zero-order valence-electron chi connectivity index (χ0n) is 12.2. The lowest BCUT2D eigenvalue weighted by atomic mass is 9.63. The van der Waals surface area contributed by atoms with E-state index < -0.39 is 6.61 Å². The van der Waals surface area contributed by atoms with Crippen molar-refractivity contribution in [1.29, 1.82) is 0 Å². The molecule has 0 radical (unpaired) electrons. The summed E-state index contributed by atoms with van der Waals surface area (Å²) in [7, 11) is 0. The Morgan fingerprint density at radius 1 is 1.00 bits per heavy atom. The molecule has 1 heterocycles. The van der Waals surface area contributed by atoms with E-state index in [9.17, 15) is 18.4 Å². The Kier molecular flexibility index (Phi) is 3.21. The van der Waals surface area contributed by atoms with Crippen LogP contribution in [0, 0.1) is 23.7 Å². The molecule has 5 rings (SSSR count). The predicted molar refractivity (Wildman–Crippen MR) is 77.9 cm³/mol. The van der Waals surface area contributed by atoms with Crippen molar-refractivity contribution >= 4 is 17.5 Å². The topological polar surface area (TPSA) is 46.6 Å². The molecular formula is C17H15F2NO3. The number of carbonyl (C=O) groups is 2. The van der Waals surface area contributed by atoms with Crippen molar-refractivity contribution < 1.29 is 23.1 Å². The summed E-state index contributed by atoms with van der Waals surface area (Å²) in [6, 6.07) is 5.95. The van der Waals surface area contributed by atoms with Crippen molar-refractivity contribution in [3.05, 3.63) is 36.4 Å². The fourth-order valence-corrected chi connectivity index (χ4v) is 4.15. The highest BCUT2D eigenvalue weighted by Gasteiger charge is 2.57. The number of nitrogens with zero attached hydrogens (tertiary/aromatic N) is 1. The first-order valence-electron chi connectivity index (χ1n) is 7.68. The number of anilines is 1. The van der Waals surface area contributed by atoms with Gasteiger partial charge in [-0.05, 0) is 36.8 Å². The first kappa shape index (κ1) is 14.4. The number of halogens is 2. The lowest BCUT2D eigenvalue weighted by molar-refractivity contribution is -0.124. The minimum absolute atomic E-state index is 0.0645. The third-order valence-electron chi connectivity index (χ3n) is 5.08. The molecule has 4 atom stereocenters. The summed E-state index contributed by atoms with van der Waals surface area (Å²) in [4.78, 5) is 26.7. The van der Waals surface area contributed by atoms with Crippen LogP contribution >= 0.6 is 0 Å². The number of amides is 2. The predicted octanol–water partition coefficient (Wildman–Crippen LogP) is 2.99. The number of allylic oxidation sites excluding steroid dienone is 2. The van der Waals surface area contributed by atoms with Gasteiger partial charge in [0.05, 0.1) is 17.5 Å². The highest BCUT2D eigenvalue weighted by molar-refractivity contribution is 6.23. The number of rotatable bonds is 3. The van der Waals surface area contributed by atoms with Crippen molar-refractivity contribution in [3.8, 4) is 5.75 Å². The smallest absolute Gasteiger partial charge is 0.387 e. The monoisotopic (exact) mass is 319 g/mol. The first-order valence-corrected chi connectivity index (χ1v) is 7.68. The quantitative estimate of drug-likeness (QED) is 0.635. The Labute approximate surface area is 131 Å². The van der Waals surface area contributed by atoms with Gasteiger partial charge in [-0.3, -0.25) is 9.59 Å². The molecule has 0 aromatic heterocycles. The van der Waals surface area contributed by atoms with E-state index >= 15 is 0 Å². The molecular weight excluding hydrogens is 304 g/mol. The number of hydrogen-bond donors (Lipinski definition) is 0. The number of benzene rings is 1. The first-order chi connectivity index (χ1) is 11.1. The van der Waals surface area contributed by atoms with Gasteiger partial charge < -0.3 is 4.74 Å². The van der Waals surface area contributed by atoms with Crippen molar-refractivity contribution in [2.75, 3.05) is 4.90 Å². The molecule has 1 aromatic carbocycles. The van der Waals surface area contributed by atoms with Crippen LogP contribution in [-0.4, -0.2) is 18.4 Å². The highest BCUT2D eigenvalue weighted by atomic mass is 19.3. The third-order valence-corrected chi connectivity index (χ3v) is 5.08. The summed E-state index contributed by atoms with van der Waals surface area (Å²) in [6.07, 6.45) is 5.83. The lowest BCUT2D eigenvalue weighted by Crippen LogP contribution is -2.38. The number of imide groups is 1. The molecule has 1 saturated carbocycles. The van der Waals surface area contributed by atoms with Crippen molar-refractivity contribution in [3.63, 3.8) is 0 Å². The average Bonchev–Trinajstić information content (AvgIpc) is 2.82. The second-order valence-corrected chi connectivity index (χ2v) is 6.20. The summed E-state index contributed by atoms with van der Waals surface area (Å²) >= 11 is 0. The summed E-state index contributed by atoms with van der Waals surface area (Å²) in [5.74, 6) is -1.36. The molecule has 4 aliphatic rings. The van der Waals surface area contributed by atoms with Crippen LogP contribution < -0.4 is 9.64 Å². The van der Waals surface area contributed by atoms with Gasteiger partial charge in [-0.2, -0.15) is 8.78 Å². The molecule has 120 valence electrons. The molecule has 1 aromatic rings. The van der Waals surface area contributed by atoms with E-state index in [-0.39, 0.29) is 46.9 Å². The molecule has 0 spiro atoms. The number of para-hydroxylation sites is 2. The summed E-state index contributed by atoms with van der Waals surface area (Å²) < 4.78 is 29.7. The fourth-order valence-electron chi connectivity index (χ4n) is 4.15. The zero-order chi connectivity index (χ0) is 16.1. The Hall–Kier alpha value is -2.24. The van der Waals surface area contributed by atoms with Crippen LogP contribution in [0.15, 0.2) is 36.4 Å². The van der Waals surface area contributed by atoms with Gasteiger partial charge in [0.1, 0.15) is 5.75 Å². The molecule has 4 nitrogen and oxygen atoms in total. The summed E-state index contributed by atoms with van der Waals surface area (Å²) in [6.45, 7) is -3.01. The van der Waals surface area contributed by atoms with Gasteiger partial charge in [-0.15, -0.1) is 0 Å². The fraction of sp³-hybridized carbons (Fsp3) is 0.412. The molecule has 0 unspecified atom stereocenters. The highest BCUT2D eigenvalue weighted by Crippen LogP contribution is 2.51. The van der Waals surface area contributed by atoms with Gasteiger partial charge in [-0.1, -0.05) is 24.3 Å². The van der Waals surface area contributed by atoms with Gasteiger partial charge in [0, 0.05) is 0 Å². The van der Waals surface area contributed by atoms with E-state index in [4.69, 9.17) is 0 Å². The van der Waals surface area contributed by atoms with E-state index in [0.29, 0.717) is 0 Å². The Balaban J connectivity index is 1.74. The van der Waals surface area contributed by atoms with Crippen LogP contribution in [0.25, 0.3) is 0 Å². The lowest BCUT2D eigenvalue weighted by Gasteiger charge is -2.38. The Morgan fingerprint density at radius 3 is 2.09 bits per heavy atom. The van der Waals surface area contributed by atoms with Crippen LogP contribution in [0.2, 0.25) is 0 Å². The van der Waals surface area contributed by atoms with Gasteiger partial charge >= 0.3 is 6.61 Å². The van der Waals surface area contributed by atoms with Crippen LogP contribution in [0.3, 0.4) is 0 Å². The maximum Gasteiger partial charge on any atom is 0.387 e. The minimum atomic E-state index is -3.01. The van der Waals surface area contributed by atoms with E-state index in [1.807, 2.05) is 12.2 Å². The number of alkyl halides is 2. The Bertz CT molecular complexity index is 671.